The van der Waals surface area contributed by atoms with Crippen LogP contribution in [0.3, 0.4) is 0 Å². The third-order valence-corrected chi connectivity index (χ3v) is 3.49. The van der Waals surface area contributed by atoms with E-state index in [1.165, 1.54) is 0 Å². The molecule has 3 atom stereocenters. The van der Waals surface area contributed by atoms with Crippen LogP contribution < -0.4 is 9.47 Å². The Hall–Kier alpha value is -2.42. The first-order chi connectivity index (χ1) is 13.5. The molecular formula is C15H12F9NO5. The van der Waals surface area contributed by atoms with E-state index in [2.05, 4.69) is 14.5 Å². The number of halogens is 9. The van der Waals surface area contributed by atoms with Crippen LogP contribution in [-0.2, 0) is 4.74 Å². The maximum Gasteiger partial charge on any atom is 0.573 e. The summed E-state index contributed by atoms with van der Waals surface area (Å²) >= 11 is 0. The largest absolute Gasteiger partial charge is 0.573 e. The molecule has 0 spiro atoms. The number of ether oxygens (including phenoxy) is 3. The Morgan fingerprint density at radius 1 is 0.967 bits per heavy atom. The smallest absolute Gasteiger partial charge is 0.448 e. The molecule has 1 heterocycles. The maximum atomic E-state index is 12.5. The van der Waals surface area contributed by atoms with Crippen LogP contribution in [0.15, 0.2) is 23.2 Å². The first-order valence-electron chi connectivity index (χ1n) is 7.86. The van der Waals surface area contributed by atoms with E-state index < -0.39 is 73.1 Å². The summed E-state index contributed by atoms with van der Waals surface area (Å²) in [5, 5.41) is 18.8. The normalized spacial score (nSPS) is 21.5. The quantitative estimate of drug-likeness (QED) is 0.661. The van der Waals surface area contributed by atoms with Gasteiger partial charge in [0.15, 0.2) is 6.10 Å². The Morgan fingerprint density at radius 3 is 1.90 bits per heavy atom. The summed E-state index contributed by atoms with van der Waals surface area (Å²) < 4.78 is 124. The number of hydrogen-bond acceptors (Lipinski definition) is 6. The lowest BCUT2D eigenvalue weighted by Gasteiger charge is -2.27. The van der Waals surface area contributed by atoms with Crippen molar-refractivity contribution >= 4 is 5.90 Å². The van der Waals surface area contributed by atoms with Crippen molar-refractivity contribution in [3.8, 4) is 11.5 Å². The van der Waals surface area contributed by atoms with E-state index in [4.69, 9.17) is 9.84 Å². The van der Waals surface area contributed by atoms with Crippen molar-refractivity contribution in [3.63, 3.8) is 0 Å². The van der Waals surface area contributed by atoms with Crippen LogP contribution in [0.1, 0.15) is 18.4 Å². The molecule has 0 amide bonds. The standard InChI is InChI=1S/C15H12F9NO5/c16-13(17,18)10(26)3-7-4-11(27)28-12(25-7)6-1-8(29-14(19,20)21)5-9(2-6)30-15(22,23)24/h1-2,5,7,10-11,26-27H,3-4H2. The molecule has 1 aromatic carbocycles. The third kappa shape index (κ3) is 7.44. The highest BCUT2D eigenvalue weighted by atomic mass is 19.4. The molecule has 2 N–H and O–H groups in total. The summed E-state index contributed by atoms with van der Waals surface area (Å²) in [7, 11) is 0. The van der Waals surface area contributed by atoms with Gasteiger partial charge in [-0.15, -0.1) is 26.3 Å². The van der Waals surface area contributed by atoms with Crippen LogP contribution in [0.5, 0.6) is 11.5 Å². The number of rotatable bonds is 5. The third-order valence-electron chi connectivity index (χ3n) is 3.49. The first-order valence-corrected chi connectivity index (χ1v) is 7.86. The van der Waals surface area contributed by atoms with Gasteiger partial charge in [-0.1, -0.05) is 0 Å². The summed E-state index contributed by atoms with van der Waals surface area (Å²) in [4.78, 5) is 3.63. The van der Waals surface area contributed by atoms with Crippen molar-refractivity contribution in [3.05, 3.63) is 23.8 Å². The van der Waals surface area contributed by atoms with Gasteiger partial charge >= 0.3 is 18.9 Å². The summed E-state index contributed by atoms with van der Waals surface area (Å²) in [6, 6.07) is -0.0789. The Balaban J connectivity index is 2.40. The van der Waals surface area contributed by atoms with Crippen LogP contribution in [0, 0.1) is 0 Å². The van der Waals surface area contributed by atoms with Gasteiger partial charge in [-0.25, -0.2) is 4.99 Å². The number of aliphatic hydroxyl groups excluding tert-OH is 2. The molecular weight excluding hydrogens is 445 g/mol. The summed E-state index contributed by atoms with van der Waals surface area (Å²) in [5.74, 6) is -3.11. The number of alkyl halides is 9. The molecule has 0 radical (unpaired) electrons. The van der Waals surface area contributed by atoms with Gasteiger partial charge in [-0.2, -0.15) is 13.2 Å². The van der Waals surface area contributed by atoms with Gasteiger partial charge in [-0.3, -0.25) is 0 Å². The second kappa shape index (κ2) is 8.37. The number of hydrogen-bond donors (Lipinski definition) is 2. The zero-order valence-electron chi connectivity index (χ0n) is 14.3. The molecule has 0 aromatic heterocycles. The molecule has 30 heavy (non-hydrogen) atoms. The number of nitrogens with zero attached hydrogens (tertiary/aromatic N) is 1. The highest BCUT2D eigenvalue weighted by Crippen LogP contribution is 2.33. The van der Waals surface area contributed by atoms with Gasteiger partial charge in [0.1, 0.15) is 11.5 Å². The molecule has 6 nitrogen and oxygen atoms in total. The topological polar surface area (TPSA) is 80.5 Å². The lowest BCUT2D eigenvalue weighted by atomic mass is 10.0. The van der Waals surface area contributed by atoms with Gasteiger partial charge in [0.05, 0.1) is 6.04 Å². The van der Waals surface area contributed by atoms with Gasteiger partial charge in [-0.05, 0) is 12.1 Å². The average Bonchev–Trinajstić information content (AvgIpc) is 2.49. The number of aliphatic hydroxyl groups is 2. The Morgan fingerprint density at radius 2 is 1.47 bits per heavy atom. The van der Waals surface area contributed by atoms with E-state index in [0.29, 0.717) is 12.1 Å². The first kappa shape index (κ1) is 23.9. The molecule has 2 rings (SSSR count). The predicted molar refractivity (Wildman–Crippen MR) is 78.5 cm³/mol. The maximum absolute atomic E-state index is 12.5. The zero-order valence-corrected chi connectivity index (χ0v) is 14.3. The summed E-state index contributed by atoms with van der Waals surface area (Å²) in [6.07, 6.45) is -21.7. The van der Waals surface area contributed by atoms with E-state index >= 15 is 0 Å². The number of aliphatic imine (C=N–C) groups is 1. The highest BCUT2D eigenvalue weighted by Gasteiger charge is 2.41. The minimum Gasteiger partial charge on any atom is -0.448 e. The number of benzene rings is 1. The molecule has 3 unspecified atom stereocenters. The Kier molecular flexibility index (Phi) is 6.66. The fraction of sp³-hybridized carbons (Fsp3) is 0.533. The van der Waals surface area contributed by atoms with Gasteiger partial charge in [0, 0.05) is 24.5 Å². The average molecular weight is 457 g/mol. The zero-order chi connectivity index (χ0) is 22.9. The lowest BCUT2D eigenvalue weighted by Crippen LogP contribution is -2.36. The van der Waals surface area contributed by atoms with Gasteiger partial charge in [0.25, 0.3) is 0 Å². The molecule has 0 saturated carbocycles. The highest BCUT2D eigenvalue weighted by molar-refractivity contribution is 5.95. The van der Waals surface area contributed by atoms with Crippen molar-refractivity contribution < 1.29 is 63.9 Å². The predicted octanol–water partition coefficient (Wildman–Crippen LogP) is 3.65. The van der Waals surface area contributed by atoms with Crippen molar-refractivity contribution in [2.75, 3.05) is 0 Å². The summed E-state index contributed by atoms with van der Waals surface area (Å²) in [5.41, 5.74) is -0.610. The van der Waals surface area contributed by atoms with Crippen molar-refractivity contribution in [1.29, 1.82) is 0 Å². The summed E-state index contributed by atoms with van der Waals surface area (Å²) in [6.45, 7) is 0. The fourth-order valence-electron chi connectivity index (χ4n) is 2.42. The van der Waals surface area contributed by atoms with Crippen LogP contribution in [0.2, 0.25) is 0 Å². The molecule has 0 bridgehead atoms. The van der Waals surface area contributed by atoms with E-state index in [-0.39, 0.29) is 6.07 Å². The molecule has 15 heteroatoms. The van der Waals surface area contributed by atoms with E-state index in [1.807, 2.05) is 0 Å². The monoisotopic (exact) mass is 457 g/mol. The molecule has 1 aliphatic rings. The molecule has 0 aliphatic carbocycles. The van der Waals surface area contributed by atoms with Crippen molar-refractivity contribution in [2.24, 2.45) is 4.99 Å². The molecule has 170 valence electrons. The fourth-order valence-corrected chi connectivity index (χ4v) is 2.42. The van der Waals surface area contributed by atoms with E-state index in [9.17, 15) is 44.6 Å². The van der Waals surface area contributed by atoms with E-state index in [0.717, 1.165) is 0 Å². The van der Waals surface area contributed by atoms with Gasteiger partial charge < -0.3 is 24.4 Å². The van der Waals surface area contributed by atoms with Crippen LogP contribution in [0.25, 0.3) is 0 Å². The lowest BCUT2D eigenvalue weighted by molar-refractivity contribution is -0.276. The van der Waals surface area contributed by atoms with Crippen LogP contribution in [-0.4, -0.2) is 53.4 Å². The van der Waals surface area contributed by atoms with Crippen LogP contribution >= 0.6 is 0 Å². The van der Waals surface area contributed by atoms with Gasteiger partial charge in [0.2, 0.25) is 12.2 Å². The molecule has 0 saturated heterocycles. The molecule has 1 aromatic rings. The minimum atomic E-state index is -5.29. The minimum absolute atomic E-state index is 0.259. The van der Waals surface area contributed by atoms with Crippen molar-refractivity contribution in [1.82, 2.24) is 0 Å². The molecule has 0 fully saturated rings. The van der Waals surface area contributed by atoms with Crippen LogP contribution in [0.4, 0.5) is 39.5 Å². The SMILES string of the molecule is OC1CC(CC(O)C(F)(F)F)N=C(c2cc(OC(F)(F)F)cc(OC(F)(F)F)c2)O1. The Bertz CT molecular complexity index is 741. The second-order valence-electron chi connectivity index (χ2n) is 5.98. The molecule has 1 aliphatic heterocycles. The second-order valence-corrected chi connectivity index (χ2v) is 5.98. The van der Waals surface area contributed by atoms with E-state index in [1.54, 1.807) is 0 Å². The van der Waals surface area contributed by atoms with Crippen molar-refractivity contribution in [2.45, 2.75) is 50.2 Å². The Labute approximate surface area is 161 Å².